The van der Waals surface area contributed by atoms with Gasteiger partial charge in [0.1, 0.15) is 6.04 Å². The van der Waals surface area contributed by atoms with Crippen molar-refractivity contribution in [3.63, 3.8) is 0 Å². The SMILES string of the molecule is [N-]=[N+]=NC1CCCN(c2ccc3c(c2)C(=O)N(C2CCC(=O)NC2=O)C3=O)C1. The van der Waals surface area contributed by atoms with Crippen LogP contribution in [0.15, 0.2) is 23.3 Å². The van der Waals surface area contributed by atoms with Gasteiger partial charge in [-0.3, -0.25) is 29.4 Å². The Morgan fingerprint density at radius 2 is 1.89 bits per heavy atom. The topological polar surface area (TPSA) is 136 Å². The van der Waals surface area contributed by atoms with Crippen LogP contribution in [-0.2, 0) is 9.59 Å². The van der Waals surface area contributed by atoms with Gasteiger partial charge in [-0.25, -0.2) is 0 Å². The van der Waals surface area contributed by atoms with E-state index in [4.69, 9.17) is 5.53 Å². The monoisotopic (exact) mass is 382 g/mol. The van der Waals surface area contributed by atoms with Crippen LogP contribution >= 0.6 is 0 Å². The fourth-order valence-electron chi connectivity index (χ4n) is 4.01. The first-order chi connectivity index (χ1) is 13.5. The summed E-state index contributed by atoms with van der Waals surface area (Å²) in [5.74, 6) is -2.08. The predicted octanol–water partition coefficient (Wildman–Crippen LogP) is 1.37. The van der Waals surface area contributed by atoms with Gasteiger partial charge in [0, 0.05) is 30.1 Å². The van der Waals surface area contributed by atoms with Crippen molar-refractivity contribution in [1.29, 1.82) is 0 Å². The lowest BCUT2D eigenvalue weighted by atomic mass is 10.0. The van der Waals surface area contributed by atoms with Crippen LogP contribution in [0.4, 0.5) is 5.69 Å². The fraction of sp³-hybridized carbons (Fsp3) is 0.444. The first-order valence-electron chi connectivity index (χ1n) is 9.14. The molecule has 3 aliphatic heterocycles. The third-order valence-corrected chi connectivity index (χ3v) is 5.40. The van der Waals surface area contributed by atoms with Gasteiger partial charge in [-0.2, -0.15) is 0 Å². The molecule has 0 aliphatic carbocycles. The van der Waals surface area contributed by atoms with E-state index >= 15 is 0 Å². The number of imide groups is 2. The maximum atomic E-state index is 12.9. The van der Waals surface area contributed by atoms with Gasteiger partial charge >= 0.3 is 0 Å². The lowest BCUT2D eigenvalue weighted by Gasteiger charge is -2.32. The molecule has 0 bridgehead atoms. The summed E-state index contributed by atoms with van der Waals surface area (Å²) >= 11 is 0. The molecule has 1 N–H and O–H groups in total. The molecular formula is C18H18N6O4. The number of fused-ring (bicyclic) bond motifs is 1. The molecule has 2 unspecified atom stereocenters. The van der Waals surface area contributed by atoms with Gasteiger partial charge in [0.15, 0.2) is 0 Å². The third-order valence-electron chi connectivity index (χ3n) is 5.40. The maximum Gasteiger partial charge on any atom is 0.262 e. The fourth-order valence-corrected chi connectivity index (χ4v) is 4.01. The van der Waals surface area contributed by atoms with Crippen molar-refractivity contribution in [2.45, 2.75) is 37.8 Å². The number of hydrogen-bond donors (Lipinski definition) is 1. The number of piperidine rings is 2. The summed E-state index contributed by atoms with van der Waals surface area (Å²) in [4.78, 5) is 54.9. The highest BCUT2D eigenvalue weighted by Crippen LogP contribution is 2.31. The van der Waals surface area contributed by atoms with E-state index in [2.05, 4.69) is 15.3 Å². The van der Waals surface area contributed by atoms with Gasteiger partial charge < -0.3 is 4.90 Å². The molecule has 10 heteroatoms. The van der Waals surface area contributed by atoms with Crippen molar-refractivity contribution in [2.75, 3.05) is 18.0 Å². The second-order valence-corrected chi connectivity index (χ2v) is 7.12. The van der Waals surface area contributed by atoms with Gasteiger partial charge in [-0.15, -0.1) is 0 Å². The third kappa shape index (κ3) is 2.97. The Bertz CT molecular complexity index is 938. The molecule has 3 heterocycles. The lowest BCUT2D eigenvalue weighted by molar-refractivity contribution is -0.136. The number of anilines is 1. The van der Waals surface area contributed by atoms with E-state index in [1.165, 1.54) is 0 Å². The number of amides is 4. The Morgan fingerprint density at radius 3 is 2.64 bits per heavy atom. The van der Waals surface area contributed by atoms with Crippen LogP contribution in [-0.4, -0.2) is 53.7 Å². The summed E-state index contributed by atoms with van der Waals surface area (Å²) in [6.07, 6.45) is 1.88. The first-order valence-corrected chi connectivity index (χ1v) is 9.14. The smallest absolute Gasteiger partial charge is 0.262 e. The minimum atomic E-state index is -0.974. The highest BCUT2D eigenvalue weighted by molar-refractivity contribution is 6.23. The molecule has 2 saturated heterocycles. The van der Waals surface area contributed by atoms with Crippen molar-refractivity contribution >= 4 is 29.3 Å². The predicted molar refractivity (Wildman–Crippen MR) is 97.5 cm³/mol. The van der Waals surface area contributed by atoms with Gasteiger partial charge in [0.25, 0.3) is 11.8 Å². The summed E-state index contributed by atoms with van der Waals surface area (Å²) in [5.41, 5.74) is 9.92. The highest BCUT2D eigenvalue weighted by Gasteiger charge is 2.44. The largest absolute Gasteiger partial charge is 0.371 e. The molecule has 0 radical (unpaired) electrons. The second kappa shape index (κ2) is 6.97. The molecule has 4 amide bonds. The quantitative estimate of drug-likeness (QED) is 0.364. The van der Waals surface area contributed by atoms with Gasteiger partial charge in [0.05, 0.1) is 17.2 Å². The number of carbonyl (C=O) groups is 4. The molecule has 0 saturated carbocycles. The lowest BCUT2D eigenvalue weighted by Crippen LogP contribution is -2.54. The normalized spacial score (nSPS) is 24.7. The minimum absolute atomic E-state index is 0.0869. The highest BCUT2D eigenvalue weighted by atomic mass is 16.2. The number of benzene rings is 1. The number of nitrogens with one attached hydrogen (secondary N) is 1. The van der Waals surface area contributed by atoms with E-state index in [0.717, 1.165) is 30.0 Å². The van der Waals surface area contributed by atoms with Crippen LogP contribution in [0.25, 0.3) is 10.4 Å². The van der Waals surface area contributed by atoms with Crippen LogP contribution in [0.2, 0.25) is 0 Å². The zero-order valence-electron chi connectivity index (χ0n) is 15.0. The van der Waals surface area contributed by atoms with E-state index in [1.54, 1.807) is 18.2 Å². The second-order valence-electron chi connectivity index (χ2n) is 7.12. The van der Waals surface area contributed by atoms with E-state index in [-0.39, 0.29) is 30.0 Å². The molecule has 0 spiro atoms. The average Bonchev–Trinajstić information content (AvgIpc) is 2.93. The van der Waals surface area contributed by atoms with Crippen LogP contribution in [0.1, 0.15) is 46.4 Å². The summed E-state index contributed by atoms with van der Waals surface area (Å²) in [5, 5.41) is 5.97. The van der Waals surface area contributed by atoms with Gasteiger partial charge in [-0.1, -0.05) is 5.11 Å². The van der Waals surface area contributed by atoms with E-state index in [0.29, 0.717) is 6.54 Å². The van der Waals surface area contributed by atoms with Crippen molar-refractivity contribution in [3.8, 4) is 0 Å². The Morgan fingerprint density at radius 1 is 1.11 bits per heavy atom. The summed E-state index contributed by atoms with van der Waals surface area (Å²) in [6.45, 7) is 1.30. The Balaban J connectivity index is 1.60. The average molecular weight is 382 g/mol. The van der Waals surface area contributed by atoms with Gasteiger partial charge in [-0.05, 0) is 43.0 Å². The van der Waals surface area contributed by atoms with Crippen LogP contribution in [0.5, 0.6) is 0 Å². The van der Waals surface area contributed by atoms with Crippen LogP contribution < -0.4 is 10.2 Å². The Hall–Kier alpha value is -3.39. The van der Waals surface area contributed by atoms with Crippen molar-refractivity contribution < 1.29 is 19.2 Å². The van der Waals surface area contributed by atoms with Crippen LogP contribution in [0, 0.1) is 0 Å². The number of azide groups is 1. The molecule has 4 rings (SSSR count). The molecule has 2 atom stereocenters. The molecule has 0 aromatic heterocycles. The number of hydrogen-bond acceptors (Lipinski definition) is 6. The Labute approximate surface area is 160 Å². The maximum absolute atomic E-state index is 12.9. The Kier molecular flexibility index (Phi) is 4.48. The molecule has 1 aromatic rings. The standard InChI is InChI=1S/C18H18N6O4/c19-22-21-10-2-1-7-23(9-10)11-3-4-12-13(8-11)18(28)24(17(12)27)14-5-6-15(25)20-16(14)26/h3-4,8,10,14H,1-2,5-7,9H2,(H,20,25,26). The van der Waals surface area contributed by atoms with Crippen molar-refractivity contribution in [2.24, 2.45) is 5.11 Å². The van der Waals surface area contributed by atoms with E-state index < -0.39 is 29.7 Å². The molecule has 2 fully saturated rings. The molecule has 1 aromatic carbocycles. The van der Waals surface area contributed by atoms with Crippen molar-refractivity contribution in [3.05, 3.63) is 39.8 Å². The zero-order chi connectivity index (χ0) is 19.8. The molecule has 144 valence electrons. The molecule has 3 aliphatic rings. The zero-order valence-corrected chi connectivity index (χ0v) is 15.0. The van der Waals surface area contributed by atoms with E-state index in [9.17, 15) is 19.2 Å². The van der Waals surface area contributed by atoms with E-state index in [1.807, 2.05) is 4.90 Å². The van der Waals surface area contributed by atoms with Crippen LogP contribution in [0.3, 0.4) is 0 Å². The van der Waals surface area contributed by atoms with Crippen molar-refractivity contribution in [1.82, 2.24) is 10.2 Å². The summed E-state index contributed by atoms with van der Waals surface area (Å²) in [6, 6.07) is 3.90. The molecular weight excluding hydrogens is 364 g/mol. The minimum Gasteiger partial charge on any atom is -0.371 e. The number of carbonyl (C=O) groups excluding carboxylic acids is 4. The molecule has 10 nitrogen and oxygen atoms in total. The molecule has 28 heavy (non-hydrogen) atoms. The first kappa shape index (κ1) is 18.0. The number of nitrogens with zero attached hydrogens (tertiary/aromatic N) is 5. The summed E-state index contributed by atoms with van der Waals surface area (Å²) < 4.78 is 0. The summed E-state index contributed by atoms with van der Waals surface area (Å²) in [7, 11) is 0. The van der Waals surface area contributed by atoms with Gasteiger partial charge in [0.2, 0.25) is 11.8 Å². The number of rotatable bonds is 3.